The molecule has 0 radical (unpaired) electrons. The van der Waals surface area contributed by atoms with Gasteiger partial charge in [0.2, 0.25) is 0 Å². The third-order valence-corrected chi connectivity index (χ3v) is 4.31. The van der Waals surface area contributed by atoms with Gasteiger partial charge in [-0.15, -0.1) is 0 Å². The Morgan fingerprint density at radius 3 is 2.76 bits per heavy atom. The molecule has 3 rings (SSSR count). The molecule has 1 atom stereocenters. The van der Waals surface area contributed by atoms with E-state index in [2.05, 4.69) is 26.8 Å². The van der Waals surface area contributed by atoms with Crippen molar-refractivity contribution in [3.8, 4) is 0 Å². The molecular formula is C14H20N6S. The summed E-state index contributed by atoms with van der Waals surface area (Å²) < 4.78 is 1.78. The Hall–Kier alpha value is -1.73. The van der Waals surface area contributed by atoms with Gasteiger partial charge in [0.25, 0.3) is 0 Å². The van der Waals surface area contributed by atoms with E-state index >= 15 is 0 Å². The second-order valence-corrected chi connectivity index (χ2v) is 5.74. The van der Waals surface area contributed by atoms with Crippen LogP contribution in [-0.4, -0.2) is 56.7 Å². The van der Waals surface area contributed by atoms with E-state index in [0.29, 0.717) is 4.99 Å². The molecule has 0 aromatic carbocycles. The summed E-state index contributed by atoms with van der Waals surface area (Å²) in [5.74, 6) is 1.01. The molecule has 3 heterocycles. The molecular weight excluding hydrogens is 284 g/mol. The van der Waals surface area contributed by atoms with E-state index in [0.717, 1.165) is 44.1 Å². The Bertz CT molecular complexity index is 631. The van der Waals surface area contributed by atoms with Gasteiger partial charge in [0.05, 0.1) is 17.2 Å². The molecule has 0 bridgehead atoms. The van der Waals surface area contributed by atoms with Gasteiger partial charge in [0, 0.05) is 38.4 Å². The van der Waals surface area contributed by atoms with Crippen molar-refractivity contribution in [2.24, 2.45) is 5.73 Å². The Morgan fingerprint density at radius 1 is 1.33 bits per heavy atom. The van der Waals surface area contributed by atoms with E-state index in [9.17, 15) is 0 Å². The van der Waals surface area contributed by atoms with Gasteiger partial charge < -0.3 is 10.6 Å². The minimum atomic E-state index is 0.215. The van der Waals surface area contributed by atoms with Crippen molar-refractivity contribution in [3.63, 3.8) is 0 Å². The Morgan fingerprint density at radius 2 is 2.10 bits per heavy atom. The van der Waals surface area contributed by atoms with Crippen molar-refractivity contribution in [1.82, 2.24) is 19.5 Å². The Labute approximate surface area is 129 Å². The molecule has 1 unspecified atom stereocenters. The van der Waals surface area contributed by atoms with Crippen molar-refractivity contribution in [2.75, 3.05) is 31.1 Å². The van der Waals surface area contributed by atoms with Crippen molar-refractivity contribution in [2.45, 2.75) is 19.4 Å². The van der Waals surface area contributed by atoms with Crippen LogP contribution in [0.25, 0.3) is 5.65 Å². The highest BCUT2D eigenvalue weighted by Crippen LogP contribution is 2.16. The largest absolute Gasteiger partial charge is 0.392 e. The van der Waals surface area contributed by atoms with Crippen LogP contribution in [0.15, 0.2) is 24.5 Å². The monoisotopic (exact) mass is 304 g/mol. The lowest BCUT2D eigenvalue weighted by atomic mass is 10.1. The first-order valence-electron chi connectivity index (χ1n) is 7.27. The summed E-state index contributed by atoms with van der Waals surface area (Å²) in [7, 11) is 0. The fourth-order valence-electron chi connectivity index (χ4n) is 2.88. The summed E-state index contributed by atoms with van der Waals surface area (Å²) >= 11 is 5.16. The molecule has 112 valence electrons. The van der Waals surface area contributed by atoms with Gasteiger partial charge in [-0.05, 0) is 12.5 Å². The van der Waals surface area contributed by atoms with Crippen molar-refractivity contribution in [1.29, 1.82) is 0 Å². The number of fused-ring (bicyclic) bond motifs is 1. The zero-order valence-corrected chi connectivity index (χ0v) is 13.0. The fraction of sp³-hybridized carbons (Fsp3) is 0.500. The molecule has 7 heteroatoms. The predicted molar refractivity (Wildman–Crippen MR) is 87.6 cm³/mol. The second kappa shape index (κ2) is 5.95. The highest BCUT2D eigenvalue weighted by atomic mass is 32.1. The van der Waals surface area contributed by atoms with Gasteiger partial charge in [-0.3, -0.25) is 4.90 Å². The summed E-state index contributed by atoms with van der Waals surface area (Å²) in [5.41, 5.74) is 6.71. The van der Waals surface area contributed by atoms with E-state index in [1.165, 1.54) is 0 Å². The van der Waals surface area contributed by atoms with Gasteiger partial charge >= 0.3 is 0 Å². The molecule has 1 saturated heterocycles. The summed E-state index contributed by atoms with van der Waals surface area (Å²) in [5, 5.41) is 4.17. The zero-order chi connectivity index (χ0) is 14.8. The number of aromatic nitrogens is 3. The molecule has 0 aliphatic carbocycles. The van der Waals surface area contributed by atoms with Crippen LogP contribution in [-0.2, 0) is 0 Å². The second-order valence-electron chi connectivity index (χ2n) is 5.27. The summed E-state index contributed by atoms with van der Waals surface area (Å²) in [6.45, 7) is 5.93. The van der Waals surface area contributed by atoms with E-state index in [1.807, 2.05) is 18.3 Å². The van der Waals surface area contributed by atoms with Crippen LogP contribution in [0, 0.1) is 0 Å². The zero-order valence-electron chi connectivity index (χ0n) is 12.1. The van der Waals surface area contributed by atoms with Crippen LogP contribution in [0.4, 0.5) is 5.82 Å². The molecule has 1 aliphatic heterocycles. The molecule has 6 nitrogen and oxygen atoms in total. The maximum atomic E-state index is 5.83. The lowest BCUT2D eigenvalue weighted by Gasteiger charge is -2.39. The third kappa shape index (κ3) is 2.84. The van der Waals surface area contributed by atoms with Crippen LogP contribution in [0.2, 0.25) is 0 Å². The number of thiocarbonyl (C=S) groups is 1. The molecule has 2 N–H and O–H groups in total. The molecule has 0 amide bonds. The summed E-state index contributed by atoms with van der Waals surface area (Å²) in [6, 6.07) is 4.15. The first-order valence-corrected chi connectivity index (χ1v) is 7.68. The van der Waals surface area contributed by atoms with Crippen molar-refractivity contribution < 1.29 is 0 Å². The SMILES string of the molecule is CCC(C(N)=S)N1CCN(c2ccn3nccc3n2)CC1. The van der Waals surface area contributed by atoms with E-state index in [4.69, 9.17) is 18.0 Å². The molecule has 0 spiro atoms. The van der Waals surface area contributed by atoms with E-state index in [1.54, 1.807) is 10.7 Å². The Balaban J connectivity index is 1.68. The first kappa shape index (κ1) is 14.2. The third-order valence-electron chi connectivity index (χ3n) is 4.04. The number of hydrogen-bond donors (Lipinski definition) is 1. The quantitative estimate of drug-likeness (QED) is 0.848. The van der Waals surface area contributed by atoms with Crippen LogP contribution >= 0.6 is 12.2 Å². The summed E-state index contributed by atoms with van der Waals surface area (Å²) in [4.78, 5) is 9.92. The first-order chi connectivity index (χ1) is 10.2. The topological polar surface area (TPSA) is 62.7 Å². The lowest BCUT2D eigenvalue weighted by molar-refractivity contribution is 0.224. The Kier molecular flexibility index (Phi) is 4.03. The number of anilines is 1. The number of nitrogens with two attached hydrogens (primary N) is 1. The highest BCUT2D eigenvalue weighted by molar-refractivity contribution is 7.80. The van der Waals surface area contributed by atoms with Gasteiger partial charge in [-0.1, -0.05) is 19.1 Å². The van der Waals surface area contributed by atoms with Gasteiger partial charge in [0.1, 0.15) is 5.82 Å². The molecule has 21 heavy (non-hydrogen) atoms. The van der Waals surface area contributed by atoms with Gasteiger partial charge in [-0.25, -0.2) is 9.50 Å². The molecule has 2 aromatic heterocycles. The van der Waals surface area contributed by atoms with Crippen LogP contribution < -0.4 is 10.6 Å². The average Bonchev–Trinajstić information content (AvgIpc) is 2.95. The average molecular weight is 304 g/mol. The van der Waals surface area contributed by atoms with Gasteiger partial charge in [-0.2, -0.15) is 5.10 Å². The maximum Gasteiger partial charge on any atom is 0.157 e. The van der Waals surface area contributed by atoms with Crippen LogP contribution in [0.3, 0.4) is 0 Å². The standard InChI is InChI=1S/C14H20N6S/c1-2-11(14(15)21)18-7-9-19(10-8-18)12-4-6-20-13(17-12)3-5-16-20/h3-6,11H,2,7-10H2,1H3,(H2,15,21). The molecule has 2 aromatic rings. The fourth-order valence-corrected chi connectivity index (χ4v) is 3.20. The maximum absolute atomic E-state index is 5.83. The number of hydrogen-bond acceptors (Lipinski definition) is 5. The number of piperazine rings is 1. The van der Waals surface area contributed by atoms with E-state index in [-0.39, 0.29) is 6.04 Å². The lowest BCUT2D eigenvalue weighted by Crippen LogP contribution is -2.53. The van der Waals surface area contributed by atoms with Crippen molar-refractivity contribution >= 4 is 28.7 Å². The van der Waals surface area contributed by atoms with Crippen LogP contribution in [0.1, 0.15) is 13.3 Å². The van der Waals surface area contributed by atoms with Gasteiger partial charge in [0.15, 0.2) is 5.65 Å². The van der Waals surface area contributed by atoms with E-state index < -0.39 is 0 Å². The number of rotatable bonds is 4. The molecule has 1 aliphatic rings. The highest BCUT2D eigenvalue weighted by Gasteiger charge is 2.24. The minimum absolute atomic E-state index is 0.215. The molecule has 1 fully saturated rings. The smallest absolute Gasteiger partial charge is 0.157 e. The number of nitrogens with zero attached hydrogens (tertiary/aromatic N) is 5. The van der Waals surface area contributed by atoms with Crippen molar-refractivity contribution in [3.05, 3.63) is 24.5 Å². The minimum Gasteiger partial charge on any atom is -0.392 e. The summed E-state index contributed by atoms with van der Waals surface area (Å²) in [6.07, 6.45) is 4.68. The predicted octanol–water partition coefficient (Wildman–Crippen LogP) is 0.916. The van der Waals surface area contributed by atoms with Crippen LogP contribution in [0.5, 0.6) is 0 Å². The normalized spacial score (nSPS) is 18.0. The molecule has 0 saturated carbocycles.